The Kier molecular flexibility index (Phi) is 7.37. The molecular weight excluding hydrogens is 412 g/mol. The van der Waals surface area contributed by atoms with E-state index >= 15 is 0 Å². The molecule has 10 heteroatoms. The van der Waals surface area contributed by atoms with Crippen LogP contribution in [0.2, 0.25) is 0 Å². The Hall–Kier alpha value is -3.95. The van der Waals surface area contributed by atoms with Crippen molar-refractivity contribution in [3.8, 4) is 17.2 Å². The molecular formula is C22H26N6O4. The smallest absolute Gasteiger partial charge is 0.291 e. The number of ether oxygens (including phenoxy) is 2. The number of aromatic nitrogens is 2. The van der Waals surface area contributed by atoms with E-state index in [1.807, 2.05) is 13.8 Å². The molecule has 1 aromatic carbocycles. The topological polar surface area (TPSA) is 130 Å². The van der Waals surface area contributed by atoms with Crippen LogP contribution in [0.15, 0.2) is 42.9 Å². The fraction of sp³-hybridized carbons (Fsp3) is 0.318. The molecule has 2 heterocycles. The van der Waals surface area contributed by atoms with Gasteiger partial charge < -0.3 is 25.0 Å². The Morgan fingerprint density at radius 1 is 1.12 bits per heavy atom. The molecule has 0 atom stereocenters. The van der Waals surface area contributed by atoms with E-state index in [-0.39, 0.29) is 29.2 Å². The number of amides is 2. The summed E-state index contributed by atoms with van der Waals surface area (Å²) in [7, 11) is 1.69. The first-order valence-electron chi connectivity index (χ1n) is 10.2. The number of nitrogens with zero attached hydrogens (tertiary/aromatic N) is 3. The summed E-state index contributed by atoms with van der Waals surface area (Å²) in [6.07, 6.45) is 6.65. The second kappa shape index (κ2) is 10.4. The number of hydrogen-bond acceptors (Lipinski definition) is 8. The van der Waals surface area contributed by atoms with Crippen molar-refractivity contribution in [2.75, 3.05) is 20.1 Å². The molecule has 32 heavy (non-hydrogen) atoms. The van der Waals surface area contributed by atoms with E-state index in [9.17, 15) is 9.59 Å². The van der Waals surface area contributed by atoms with Crippen molar-refractivity contribution >= 4 is 17.6 Å². The third kappa shape index (κ3) is 6.03. The van der Waals surface area contributed by atoms with Crippen LogP contribution in [0.5, 0.6) is 17.2 Å². The van der Waals surface area contributed by atoms with Gasteiger partial charge in [0.1, 0.15) is 17.3 Å². The zero-order valence-corrected chi connectivity index (χ0v) is 18.2. The zero-order chi connectivity index (χ0) is 23.1. The summed E-state index contributed by atoms with van der Waals surface area (Å²) in [4.78, 5) is 34.7. The Balaban J connectivity index is 1.78. The van der Waals surface area contributed by atoms with Crippen LogP contribution in [0, 0.1) is 5.41 Å². The summed E-state index contributed by atoms with van der Waals surface area (Å²) < 4.78 is 11.5. The van der Waals surface area contributed by atoms with Crippen molar-refractivity contribution in [2.45, 2.75) is 26.4 Å². The van der Waals surface area contributed by atoms with E-state index in [4.69, 9.17) is 14.9 Å². The van der Waals surface area contributed by atoms with Crippen LogP contribution in [-0.4, -0.2) is 58.8 Å². The largest absolute Gasteiger partial charge is 0.491 e. The van der Waals surface area contributed by atoms with Gasteiger partial charge in [-0.2, -0.15) is 0 Å². The van der Waals surface area contributed by atoms with E-state index < -0.39 is 5.91 Å². The van der Waals surface area contributed by atoms with Crippen LogP contribution in [0.4, 0.5) is 0 Å². The number of likely N-dealkylation sites (tertiary alicyclic amines) is 1. The monoisotopic (exact) mass is 438 g/mol. The molecule has 2 amide bonds. The van der Waals surface area contributed by atoms with E-state index in [2.05, 4.69) is 20.6 Å². The highest BCUT2D eigenvalue weighted by Crippen LogP contribution is 2.28. The predicted molar refractivity (Wildman–Crippen MR) is 118 cm³/mol. The molecule has 1 aromatic heterocycles. The van der Waals surface area contributed by atoms with Gasteiger partial charge in [-0.25, -0.2) is 9.97 Å². The second-order valence-corrected chi connectivity index (χ2v) is 7.34. The molecule has 1 aliphatic heterocycles. The number of hydrogen-bond donors (Lipinski definition) is 3. The van der Waals surface area contributed by atoms with Crippen molar-refractivity contribution < 1.29 is 19.1 Å². The summed E-state index contributed by atoms with van der Waals surface area (Å²) >= 11 is 0. The van der Waals surface area contributed by atoms with Gasteiger partial charge >= 0.3 is 0 Å². The zero-order valence-electron chi connectivity index (χ0n) is 18.2. The van der Waals surface area contributed by atoms with Crippen LogP contribution in [0.1, 0.15) is 41.2 Å². The lowest BCUT2D eigenvalue weighted by molar-refractivity contribution is 0.0638. The van der Waals surface area contributed by atoms with Crippen LogP contribution in [0.3, 0.4) is 0 Å². The average molecular weight is 438 g/mol. The van der Waals surface area contributed by atoms with Gasteiger partial charge in [0.2, 0.25) is 5.82 Å². The minimum absolute atomic E-state index is 0.0714. The summed E-state index contributed by atoms with van der Waals surface area (Å²) in [5, 5.41) is 13.0. The molecule has 2 aromatic rings. The highest BCUT2D eigenvalue weighted by Gasteiger charge is 2.23. The van der Waals surface area contributed by atoms with Gasteiger partial charge in [-0.05, 0) is 44.7 Å². The standard InChI is InChI=1S/C22H26N6O4/c1-14(2)31-16-9-15(21(29)27-19(23)5-6-24-3)10-17(11-16)32-18-12-25-20(26-13-18)22(30)28-7-4-8-28/h5-6,9-14,24H,4,7-8H2,1-3H3,(H2,23,27,29)/b6-5-. The third-order valence-electron chi connectivity index (χ3n) is 4.38. The maximum Gasteiger partial charge on any atom is 0.291 e. The van der Waals surface area contributed by atoms with E-state index in [1.165, 1.54) is 30.7 Å². The van der Waals surface area contributed by atoms with Crippen LogP contribution >= 0.6 is 0 Å². The van der Waals surface area contributed by atoms with Crippen molar-refractivity contribution in [3.63, 3.8) is 0 Å². The van der Waals surface area contributed by atoms with Crippen LogP contribution < -0.4 is 20.1 Å². The van der Waals surface area contributed by atoms with Crippen LogP contribution in [-0.2, 0) is 0 Å². The van der Waals surface area contributed by atoms with E-state index in [0.717, 1.165) is 19.5 Å². The van der Waals surface area contributed by atoms with Crippen LogP contribution in [0.25, 0.3) is 0 Å². The summed E-state index contributed by atoms with van der Waals surface area (Å²) in [6, 6.07) is 4.74. The number of carbonyl (C=O) groups is 2. The lowest BCUT2D eigenvalue weighted by Crippen LogP contribution is -2.42. The first-order chi connectivity index (χ1) is 15.4. The first kappa shape index (κ1) is 22.7. The Morgan fingerprint density at radius 2 is 1.81 bits per heavy atom. The number of nitrogens with one attached hydrogen (secondary N) is 3. The molecule has 10 nitrogen and oxygen atoms in total. The van der Waals surface area contributed by atoms with Crippen molar-refractivity contribution in [1.29, 1.82) is 5.41 Å². The first-order valence-corrected chi connectivity index (χ1v) is 10.2. The normalized spacial score (nSPS) is 12.9. The molecule has 168 valence electrons. The Labute approximate surface area is 186 Å². The Morgan fingerprint density at radius 3 is 2.41 bits per heavy atom. The molecule has 1 aliphatic rings. The predicted octanol–water partition coefficient (Wildman–Crippen LogP) is 2.34. The molecule has 0 unspecified atom stereocenters. The van der Waals surface area contributed by atoms with Gasteiger partial charge in [-0.1, -0.05) is 0 Å². The summed E-state index contributed by atoms with van der Waals surface area (Å²) in [5.74, 6) is 0.426. The summed E-state index contributed by atoms with van der Waals surface area (Å²) in [6.45, 7) is 5.17. The molecule has 3 N–H and O–H groups in total. The van der Waals surface area contributed by atoms with E-state index in [0.29, 0.717) is 17.2 Å². The maximum absolute atomic E-state index is 12.6. The number of rotatable bonds is 8. The molecule has 0 spiro atoms. The maximum atomic E-state index is 12.6. The SMILES string of the molecule is CN/C=C\C(=N)NC(=O)c1cc(Oc2cnc(C(=O)N3CCC3)nc2)cc(OC(C)C)c1. The molecule has 0 bridgehead atoms. The minimum atomic E-state index is -0.485. The summed E-state index contributed by atoms with van der Waals surface area (Å²) in [5.41, 5.74) is 0.256. The fourth-order valence-corrected chi connectivity index (χ4v) is 2.78. The lowest BCUT2D eigenvalue weighted by atomic mass is 10.2. The van der Waals surface area contributed by atoms with E-state index in [1.54, 1.807) is 24.1 Å². The van der Waals surface area contributed by atoms with Gasteiger partial charge in [0, 0.05) is 31.8 Å². The highest BCUT2D eigenvalue weighted by molar-refractivity contribution is 6.09. The Bertz CT molecular complexity index is 1020. The van der Waals surface area contributed by atoms with Crippen molar-refractivity contribution in [2.24, 2.45) is 0 Å². The second-order valence-electron chi connectivity index (χ2n) is 7.34. The molecule has 1 saturated heterocycles. The molecule has 0 aliphatic carbocycles. The van der Waals surface area contributed by atoms with Gasteiger partial charge in [0.15, 0.2) is 5.75 Å². The van der Waals surface area contributed by atoms with Crippen molar-refractivity contribution in [1.82, 2.24) is 25.5 Å². The average Bonchev–Trinajstić information content (AvgIpc) is 2.70. The fourth-order valence-electron chi connectivity index (χ4n) is 2.78. The lowest BCUT2D eigenvalue weighted by Gasteiger charge is -2.29. The van der Waals surface area contributed by atoms with Gasteiger partial charge in [-0.3, -0.25) is 15.0 Å². The number of carbonyl (C=O) groups excluding carboxylic acids is 2. The highest BCUT2D eigenvalue weighted by atomic mass is 16.5. The van der Waals surface area contributed by atoms with Crippen molar-refractivity contribution in [3.05, 3.63) is 54.3 Å². The van der Waals surface area contributed by atoms with Gasteiger partial charge in [0.05, 0.1) is 18.5 Å². The quantitative estimate of drug-likeness (QED) is 0.426. The molecule has 0 saturated carbocycles. The van der Waals surface area contributed by atoms with Gasteiger partial charge in [-0.15, -0.1) is 0 Å². The third-order valence-corrected chi connectivity index (χ3v) is 4.38. The number of benzene rings is 1. The van der Waals surface area contributed by atoms with Gasteiger partial charge in [0.25, 0.3) is 11.8 Å². The minimum Gasteiger partial charge on any atom is -0.491 e. The molecule has 3 rings (SSSR count). The number of amidine groups is 1. The molecule has 0 radical (unpaired) electrons. The molecule has 1 fully saturated rings.